The van der Waals surface area contributed by atoms with Crippen molar-refractivity contribution in [2.24, 2.45) is 10.3 Å². The van der Waals surface area contributed by atoms with E-state index in [9.17, 15) is 0 Å². The number of benzene rings is 1. The Bertz CT molecular complexity index is 509. The normalized spacial score (nSPS) is 19.8. The Balaban J connectivity index is 2.07. The Morgan fingerprint density at radius 2 is 1.45 bits per heavy atom. The number of hydrogen-bond acceptors (Lipinski definition) is 4. The lowest BCUT2D eigenvalue weighted by Gasteiger charge is -2.32. The number of hydrogen-bond donors (Lipinski definition) is 0. The smallest absolute Gasteiger partial charge is 0.399 e. The van der Waals surface area contributed by atoms with Crippen molar-refractivity contribution in [1.82, 2.24) is 5.01 Å². The summed E-state index contributed by atoms with van der Waals surface area (Å²) in [4.78, 5) is 0. The van der Waals surface area contributed by atoms with Crippen molar-refractivity contribution in [3.05, 3.63) is 24.3 Å². The van der Waals surface area contributed by atoms with Crippen LogP contribution in [-0.4, -0.2) is 36.4 Å². The van der Waals surface area contributed by atoms with Gasteiger partial charge in [0.2, 0.25) is 0 Å². The van der Waals surface area contributed by atoms with Crippen LogP contribution in [0.1, 0.15) is 41.5 Å². The summed E-state index contributed by atoms with van der Waals surface area (Å²) in [5.74, 6) is 0. The molecule has 0 radical (unpaired) electrons. The van der Waals surface area contributed by atoms with Gasteiger partial charge in [-0.25, -0.2) is 0 Å². The minimum atomic E-state index is -0.334. The molecule has 0 bridgehead atoms. The van der Waals surface area contributed by atoms with Crippen LogP contribution in [0.2, 0.25) is 0 Å². The van der Waals surface area contributed by atoms with E-state index >= 15 is 0 Å². The molecule has 22 heavy (non-hydrogen) atoms. The van der Waals surface area contributed by atoms with E-state index < -0.39 is 0 Å². The summed E-state index contributed by atoms with van der Waals surface area (Å²) in [5.41, 5.74) is 1.19. The van der Waals surface area contributed by atoms with E-state index in [0.717, 1.165) is 24.2 Å². The van der Waals surface area contributed by atoms with E-state index in [2.05, 4.69) is 51.9 Å². The first-order valence-corrected chi connectivity index (χ1v) is 7.91. The quantitative estimate of drug-likeness (QED) is 0.476. The molecular formula is C16H26BN3O2. The molecule has 120 valence electrons. The fraction of sp³-hybridized carbons (Fsp3) is 0.625. The second-order valence-electron chi connectivity index (χ2n) is 6.51. The Hall–Kier alpha value is -1.40. The van der Waals surface area contributed by atoms with Gasteiger partial charge < -0.3 is 9.31 Å². The van der Waals surface area contributed by atoms with E-state index in [4.69, 9.17) is 9.31 Å². The topological polar surface area (TPSA) is 46.4 Å². The van der Waals surface area contributed by atoms with Crippen LogP contribution in [0.5, 0.6) is 0 Å². The summed E-state index contributed by atoms with van der Waals surface area (Å²) in [5, 5.41) is 10.3. The van der Waals surface area contributed by atoms with Crippen LogP contribution >= 0.6 is 0 Å². The highest BCUT2D eigenvalue weighted by Crippen LogP contribution is 2.36. The molecule has 1 saturated heterocycles. The standard InChI is InChI=1S/C16H26BN3O2/c1-7-20(8-2)19-18-14-11-9-13(10-12-14)17-21-15(3,4)16(5,6)22-17/h9-12H,7-8H2,1-6H3. The molecule has 1 fully saturated rings. The highest BCUT2D eigenvalue weighted by molar-refractivity contribution is 6.62. The van der Waals surface area contributed by atoms with Crippen LogP contribution in [0.3, 0.4) is 0 Å². The summed E-state index contributed by atoms with van der Waals surface area (Å²) in [7, 11) is -0.334. The predicted octanol–water partition coefficient (Wildman–Crippen LogP) is 3.33. The maximum atomic E-state index is 6.04. The van der Waals surface area contributed by atoms with E-state index in [1.165, 1.54) is 0 Å². The van der Waals surface area contributed by atoms with E-state index in [0.29, 0.717) is 0 Å². The molecule has 1 heterocycles. The van der Waals surface area contributed by atoms with Gasteiger partial charge in [0, 0.05) is 13.1 Å². The average Bonchev–Trinajstić information content (AvgIpc) is 2.69. The summed E-state index contributed by atoms with van der Waals surface area (Å²) >= 11 is 0. The van der Waals surface area contributed by atoms with Gasteiger partial charge in [0.25, 0.3) is 0 Å². The highest BCUT2D eigenvalue weighted by atomic mass is 16.7. The van der Waals surface area contributed by atoms with Crippen LogP contribution in [0.15, 0.2) is 34.6 Å². The molecule has 6 heteroatoms. The minimum absolute atomic E-state index is 0.321. The molecule has 0 aromatic heterocycles. The molecule has 1 aliphatic rings. The lowest BCUT2D eigenvalue weighted by atomic mass is 9.79. The predicted molar refractivity (Wildman–Crippen MR) is 89.6 cm³/mol. The third-order valence-electron chi connectivity index (χ3n) is 4.44. The van der Waals surface area contributed by atoms with E-state index in [1.54, 1.807) is 0 Å². The van der Waals surface area contributed by atoms with Gasteiger partial charge in [-0.3, -0.25) is 5.01 Å². The van der Waals surface area contributed by atoms with Crippen molar-refractivity contribution in [2.45, 2.75) is 52.7 Å². The van der Waals surface area contributed by atoms with Gasteiger partial charge in [0.05, 0.1) is 16.9 Å². The highest BCUT2D eigenvalue weighted by Gasteiger charge is 2.51. The molecule has 0 unspecified atom stereocenters. The Morgan fingerprint density at radius 1 is 0.955 bits per heavy atom. The van der Waals surface area contributed by atoms with Crippen molar-refractivity contribution < 1.29 is 9.31 Å². The first-order chi connectivity index (χ1) is 10.3. The van der Waals surface area contributed by atoms with Gasteiger partial charge in [0.1, 0.15) is 0 Å². The van der Waals surface area contributed by atoms with Crippen LogP contribution in [0, 0.1) is 0 Å². The van der Waals surface area contributed by atoms with E-state index in [-0.39, 0.29) is 18.3 Å². The molecule has 0 N–H and O–H groups in total. The molecular weight excluding hydrogens is 277 g/mol. The van der Waals surface area contributed by atoms with Gasteiger partial charge >= 0.3 is 7.12 Å². The Labute approximate surface area is 133 Å². The zero-order valence-electron chi connectivity index (χ0n) is 14.5. The molecule has 1 aromatic rings. The second-order valence-corrected chi connectivity index (χ2v) is 6.51. The first-order valence-electron chi connectivity index (χ1n) is 7.91. The maximum Gasteiger partial charge on any atom is 0.494 e. The summed E-state index contributed by atoms with van der Waals surface area (Å²) in [6, 6.07) is 7.85. The van der Waals surface area contributed by atoms with Crippen molar-refractivity contribution >= 4 is 18.3 Å². The number of rotatable bonds is 5. The van der Waals surface area contributed by atoms with Crippen LogP contribution < -0.4 is 5.46 Å². The SMILES string of the molecule is CCN(CC)N=Nc1ccc(B2OC(C)(C)C(C)(C)O2)cc1. The van der Waals surface area contributed by atoms with Gasteiger partial charge in [-0.1, -0.05) is 17.4 Å². The van der Waals surface area contributed by atoms with Crippen molar-refractivity contribution in [2.75, 3.05) is 13.1 Å². The van der Waals surface area contributed by atoms with Gasteiger partial charge in [-0.05, 0) is 59.1 Å². The van der Waals surface area contributed by atoms with Crippen molar-refractivity contribution in [3.63, 3.8) is 0 Å². The molecule has 1 aliphatic heterocycles. The van der Waals surface area contributed by atoms with Gasteiger partial charge in [-0.2, -0.15) is 0 Å². The molecule has 0 spiro atoms. The van der Waals surface area contributed by atoms with Crippen LogP contribution in [-0.2, 0) is 9.31 Å². The molecule has 1 aromatic carbocycles. The zero-order chi connectivity index (χ0) is 16.4. The first kappa shape index (κ1) is 17.0. The molecule has 0 amide bonds. The third kappa shape index (κ3) is 3.50. The average molecular weight is 303 g/mol. The fourth-order valence-electron chi connectivity index (χ4n) is 2.14. The molecule has 0 saturated carbocycles. The van der Waals surface area contributed by atoms with Gasteiger partial charge in [-0.15, -0.1) is 5.11 Å². The lowest BCUT2D eigenvalue weighted by molar-refractivity contribution is 0.00578. The monoisotopic (exact) mass is 303 g/mol. The fourth-order valence-corrected chi connectivity index (χ4v) is 2.14. The molecule has 0 atom stereocenters. The number of nitrogens with zero attached hydrogens (tertiary/aromatic N) is 3. The summed E-state index contributed by atoms with van der Waals surface area (Å²) in [6.07, 6.45) is 0. The lowest BCUT2D eigenvalue weighted by Crippen LogP contribution is -2.41. The van der Waals surface area contributed by atoms with Crippen molar-refractivity contribution in [3.8, 4) is 0 Å². The summed E-state index contributed by atoms with van der Waals surface area (Å²) in [6.45, 7) is 14.0. The second kappa shape index (κ2) is 6.38. The Morgan fingerprint density at radius 3 is 1.91 bits per heavy atom. The van der Waals surface area contributed by atoms with Crippen LogP contribution in [0.25, 0.3) is 0 Å². The maximum absolute atomic E-state index is 6.04. The molecule has 0 aliphatic carbocycles. The third-order valence-corrected chi connectivity index (χ3v) is 4.44. The summed E-state index contributed by atoms with van der Waals surface area (Å²) < 4.78 is 12.1. The van der Waals surface area contributed by atoms with Crippen LogP contribution in [0.4, 0.5) is 5.69 Å². The van der Waals surface area contributed by atoms with Crippen molar-refractivity contribution in [1.29, 1.82) is 0 Å². The molecule has 2 rings (SSSR count). The Kier molecular flexibility index (Phi) is 4.92. The van der Waals surface area contributed by atoms with E-state index in [1.807, 2.05) is 29.3 Å². The minimum Gasteiger partial charge on any atom is -0.399 e. The zero-order valence-corrected chi connectivity index (χ0v) is 14.5. The molecule has 5 nitrogen and oxygen atoms in total. The largest absolute Gasteiger partial charge is 0.494 e. The van der Waals surface area contributed by atoms with Gasteiger partial charge in [0.15, 0.2) is 0 Å².